The Kier molecular flexibility index (Phi) is 13.0. The quantitative estimate of drug-likeness (QED) is 0.0508. The number of nitrogens with one attached hydrogen (secondary N) is 1. The Balaban J connectivity index is 1.62. The van der Waals surface area contributed by atoms with Crippen LogP contribution >= 0.6 is 0 Å². The summed E-state index contributed by atoms with van der Waals surface area (Å²) in [6, 6.07) is 2.33. The van der Waals surface area contributed by atoms with Gasteiger partial charge in [0.05, 0.1) is 11.5 Å². The van der Waals surface area contributed by atoms with E-state index in [9.17, 15) is 78.3 Å². The summed E-state index contributed by atoms with van der Waals surface area (Å²) in [6.07, 6.45) is -30.1. The number of carboxylic acid groups (broad SMARTS) is 2. The highest BCUT2D eigenvalue weighted by atomic mass is 32.3. The van der Waals surface area contributed by atoms with Crippen molar-refractivity contribution in [3.63, 3.8) is 0 Å². The Hall–Kier alpha value is -3.74. The van der Waals surface area contributed by atoms with Crippen LogP contribution in [-0.4, -0.2) is 175 Å². The SMILES string of the molecule is CC(=O)N[C@H]1[C@H](O[C@H]2[C@H](O)[C@@H](O)[C@H](Oc3ccc([N+](=O)[O-])cc3)O[C@@H]2C(=O)O)O[C@H](COS(=O)(=O)O)[C@H](O[C@@H]2O[C@H](C(=O)O)[C@@H](O)[C@H](O)[C@H]2O)[C@@H]1O. The zero-order valence-electron chi connectivity index (χ0n) is 26.3. The minimum Gasteiger partial charge on any atom is -0.479 e. The van der Waals surface area contributed by atoms with Gasteiger partial charge in [0.1, 0.15) is 66.7 Å². The number of aliphatic carboxylic acids is 2. The average molecular weight is 775 g/mol. The molecule has 3 saturated heterocycles. The molecule has 0 aliphatic carbocycles. The van der Waals surface area contributed by atoms with Gasteiger partial charge < -0.3 is 74.6 Å². The van der Waals surface area contributed by atoms with Crippen molar-refractivity contribution >= 4 is 33.9 Å². The summed E-state index contributed by atoms with van der Waals surface area (Å²) >= 11 is 0. The second-order valence-electron chi connectivity index (χ2n) is 11.5. The molecule has 3 heterocycles. The average Bonchev–Trinajstić information content (AvgIpc) is 3.05. The first-order valence-electron chi connectivity index (χ1n) is 14.8. The van der Waals surface area contributed by atoms with Gasteiger partial charge in [-0.15, -0.1) is 0 Å². The molecule has 3 aliphatic heterocycles. The predicted molar refractivity (Wildman–Crippen MR) is 156 cm³/mol. The second kappa shape index (κ2) is 16.5. The lowest BCUT2D eigenvalue weighted by Crippen LogP contribution is -2.70. The normalized spacial score (nSPS) is 38.2. The van der Waals surface area contributed by atoms with E-state index in [1.165, 1.54) is 0 Å². The van der Waals surface area contributed by atoms with E-state index in [1.807, 2.05) is 0 Å². The Morgan fingerprint density at radius 3 is 1.88 bits per heavy atom. The third kappa shape index (κ3) is 9.43. The lowest BCUT2D eigenvalue weighted by Gasteiger charge is -2.48. The van der Waals surface area contributed by atoms with E-state index >= 15 is 0 Å². The molecule has 10 N–H and O–H groups in total. The fraction of sp³-hybridized carbons (Fsp3) is 0.654. The van der Waals surface area contributed by atoms with Gasteiger partial charge in [-0.2, -0.15) is 8.42 Å². The van der Waals surface area contributed by atoms with Crippen molar-refractivity contribution in [1.82, 2.24) is 5.32 Å². The monoisotopic (exact) mass is 774 g/mol. The molecule has 1 aromatic carbocycles. The van der Waals surface area contributed by atoms with E-state index < -0.39 is 132 Å². The van der Waals surface area contributed by atoms with Crippen LogP contribution in [0.4, 0.5) is 5.69 Å². The van der Waals surface area contributed by atoms with Crippen LogP contribution in [0, 0.1) is 10.1 Å². The van der Waals surface area contributed by atoms with E-state index in [0.717, 1.165) is 31.2 Å². The molecule has 0 unspecified atom stereocenters. The number of carbonyl (C=O) groups is 3. The second-order valence-corrected chi connectivity index (χ2v) is 12.6. The topological polar surface area (TPSA) is 387 Å². The summed E-state index contributed by atoms with van der Waals surface area (Å²) in [7, 11) is -5.27. The van der Waals surface area contributed by atoms with Crippen LogP contribution in [-0.2, 0) is 52.7 Å². The molecule has 0 radical (unpaired) electrons. The van der Waals surface area contributed by atoms with Crippen molar-refractivity contribution in [3.05, 3.63) is 34.4 Å². The number of non-ortho nitro benzene ring substituents is 1. The van der Waals surface area contributed by atoms with Gasteiger partial charge >= 0.3 is 22.3 Å². The number of hydrogen-bond acceptors (Lipinski definition) is 20. The first-order valence-corrected chi connectivity index (χ1v) is 16.2. The standard InChI is InChI=1S/C26H34N2O23S/c1-7(29)27-11-12(30)18(48-26-16(34)13(31)14(32)20(50-26)22(36)37)10(6-45-52(42,43)44)47-24(11)49-19-15(33)17(35)25(51-21(19)23(38)39)46-9-4-2-8(3-5-9)28(40)41/h2-5,10-21,24-26,30-35H,6H2,1H3,(H,27,29)(H,36,37)(H,38,39)(H,42,43,44)/t10-,11-,12-,13+,14+,15-,16-,17-,18+,19+,20+,21+,24+,25-,26-/m1/s1. The van der Waals surface area contributed by atoms with Crippen LogP contribution in [0.1, 0.15) is 6.92 Å². The maximum absolute atomic E-state index is 12.3. The lowest BCUT2D eigenvalue weighted by molar-refractivity contribution is -0.384. The van der Waals surface area contributed by atoms with E-state index in [-0.39, 0.29) is 11.4 Å². The molecule has 25 nitrogen and oxygen atoms in total. The summed E-state index contributed by atoms with van der Waals surface area (Å²) in [5.41, 5.74) is -0.339. The number of nitro groups is 1. The number of carboxylic acids is 2. The Labute approximate surface area is 290 Å². The molecule has 0 saturated carbocycles. The highest BCUT2D eigenvalue weighted by Gasteiger charge is 2.56. The van der Waals surface area contributed by atoms with E-state index in [1.54, 1.807) is 0 Å². The summed E-state index contributed by atoms with van der Waals surface area (Å²) in [4.78, 5) is 46.2. The molecule has 26 heteroatoms. The molecule has 4 rings (SSSR count). The van der Waals surface area contributed by atoms with Crippen molar-refractivity contribution in [2.75, 3.05) is 6.61 Å². The van der Waals surface area contributed by atoms with Crippen LogP contribution in [0.25, 0.3) is 0 Å². The summed E-state index contributed by atoms with van der Waals surface area (Å²) in [5.74, 6) is -4.73. The first-order chi connectivity index (χ1) is 24.2. The predicted octanol–water partition coefficient (Wildman–Crippen LogP) is -5.42. The molecule has 3 fully saturated rings. The first kappa shape index (κ1) is 41.0. The maximum atomic E-state index is 12.3. The van der Waals surface area contributed by atoms with Gasteiger partial charge in [-0.05, 0) is 12.1 Å². The molecule has 0 bridgehead atoms. The fourth-order valence-corrected chi connectivity index (χ4v) is 5.73. The molecule has 0 spiro atoms. The Morgan fingerprint density at radius 2 is 1.35 bits per heavy atom. The number of amides is 1. The number of benzene rings is 1. The third-order valence-electron chi connectivity index (χ3n) is 7.91. The molecular weight excluding hydrogens is 740 g/mol. The van der Waals surface area contributed by atoms with Crippen LogP contribution < -0.4 is 10.1 Å². The molecule has 15 atom stereocenters. The summed E-state index contributed by atoms with van der Waals surface area (Å²) in [5, 5.41) is 96.2. The van der Waals surface area contributed by atoms with Gasteiger partial charge in [0.25, 0.3) is 5.69 Å². The van der Waals surface area contributed by atoms with Crippen LogP contribution in [0.3, 0.4) is 0 Å². The fourth-order valence-electron chi connectivity index (χ4n) is 5.42. The minimum atomic E-state index is -5.27. The van der Waals surface area contributed by atoms with Gasteiger partial charge in [0.2, 0.25) is 12.2 Å². The number of rotatable bonds is 13. The Morgan fingerprint density at radius 1 is 0.788 bits per heavy atom. The number of hydrogen-bond donors (Lipinski definition) is 10. The van der Waals surface area contributed by atoms with Gasteiger partial charge in [0.15, 0.2) is 24.8 Å². The van der Waals surface area contributed by atoms with Gasteiger partial charge in [-0.25, -0.2) is 13.8 Å². The van der Waals surface area contributed by atoms with Gasteiger partial charge in [0, 0.05) is 19.1 Å². The van der Waals surface area contributed by atoms with Crippen molar-refractivity contribution in [3.8, 4) is 5.75 Å². The molecule has 3 aliphatic rings. The van der Waals surface area contributed by atoms with Gasteiger partial charge in [-0.3, -0.25) is 19.5 Å². The molecule has 292 valence electrons. The van der Waals surface area contributed by atoms with E-state index in [2.05, 4.69) is 9.50 Å². The molecule has 52 heavy (non-hydrogen) atoms. The van der Waals surface area contributed by atoms with Crippen molar-refractivity contribution in [2.45, 2.75) is 99.0 Å². The number of nitrogens with zero attached hydrogens (tertiary/aromatic N) is 1. The third-order valence-corrected chi connectivity index (χ3v) is 8.34. The number of ether oxygens (including phenoxy) is 6. The largest absolute Gasteiger partial charge is 0.479 e. The zero-order valence-corrected chi connectivity index (χ0v) is 27.1. The number of carbonyl (C=O) groups excluding carboxylic acids is 1. The summed E-state index contributed by atoms with van der Waals surface area (Å²) < 4.78 is 68.8. The molecular formula is C26H34N2O23S. The van der Waals surface area contributed by atoms with Crippen LogP contribution in [0.15, 0.2) is 24.3 Å². The molecule has 1 aromatic rings. The van der Waals surface area contributed by atoms with Crippen molar-refractivity contribution < 1.29 is 106 Å². The number of aliphatic hydroxyl groups excluding tert-OH is 6. The highest BCUT2D eigenvalue weighted by Crippen LogP contribution is 2.34. The van der Waals surface area contributed by atoms with E-state index in [0.29, 0.717) is 0 Å². The highest BCUT2D eigenvalue weighted by molar-refractivity contribution is 7.80. The van der Waals surface area contributed by atoms with Crippen LogP contribution in [0.5, 0.6) is 5.75 Å². The van der Waals surface area contributed by atoms with Crippen molar-refractivity contribution in [1.29, 1.82) is 0 Å². The number of nitro benzene ring substituents is 1. The minimum absolute atomic E-state index is 0.161. The molecule has 0 aromatic heterocycles. The van der Waals surface area contributed by atoms with E-state index in [4.69, 9.17) is 28.4 Å². The number of aliphatic hydroxyl groups is 6. The van der Waals surface area contributed by atoms with Crippen LogP contribution in [0.2, 0.25) is 0 Å². The molecule has 1 amide bonds. The van der Waals surface area contributed by atoms with Crippen molar-refractivity contribution in [2.24, 2.45) is 0 Å². The lowest BCUT2D eigenvalue weighted by atomic mass is 9.94. The Bertz CT molecular complexity index is 1560. The van der Waals surface area contributed by atoms with Gasteiger partial charge in [-0.1, -0.05) is 0 Å². The zero-order chi connectivity index (χ0) is 38.8. The summed E-state index contributed by atoms with van der Waals surface area (Å²) in [6.45, 7) is -0.345. The maximum Gasteiger partial charge on any atom is 0.397 e. The smallest absolute Gasteiger partial charge is 0.397 e.